The molecule has 25 heavy (non-hydrogen) atoms. The molecule has 1 unspecified atom stereocenters. The van der Waals surface area contributed by atoms with Crippen LogP contribution in [0.4, 0.5) is 0 Å². The normalized spacial score (nSPS) is 13.2. The Balaban J connectivity index is 2.84. The summed E-state index contributed by atoms with van der Waals surface area (Å²) >= 11 is 6.01. The van der Waals surface area contributed by atoms with E-state index in [0.717, 1.165) is 6.42 Å². The van der Waals surface area contributed by atoms with Gasteiger partial charge < -0.3 is 15.7 Å². The third kappa shape index (κ3) is 6.38. The molecule has 0 aliphatic rings. The summed E-state index contributed by atoms with van der Waals surface area (Å²) in [6, 6.07) is 4.71. The number of nitrogens with one attached hydrogen (secondary N) is 2. The zero-order valence-corrected chi connectivity index (χ0v) is 15.5. The average molecular weight is 369 g/mol. The molecule has 3 N–H and O–H groups in total. The predicted octanol–water partition coefficient (Wildman–Crippen LogP) is 2.85. The molecule has 0 aliphatic carbocycles. The van der Waals surface area contributed by atoms with Crippen LogP contribution in [0.15, 0.2) is 24.3 Å². The quantitative estimate of drug-likeness (QED) is 0.624. The van der Waals surface area contributed by atoms with Gasteiger partial charge in [-0.3, -0.25) is 9.59 Å². The first-order valence-electron chi connectivity index (χ1n) is 8.36. The largest absolute Gasteiger partial charge is 0.480 e. The molecular formula is C18H25ClN2O4. The van der Waals surface area contributed by atoms with E-state index in [0.29, 0.717) is 12.8 Å². The van der Waals surface area contributed by atoms with Crippen LogP contribution in [0.25, 0.3) is 0 Å². The van der Waals surface area contributed by atoms with E-state index in [4.69, 9.17) is 11.6 Å². The van der Waals surface area contributed by atoms with Gasteiger partial charge in [-0.15, -0.1) is 0 Å². The number of carbonyl (C=O) groups is 3. The van der Waals surface area contributed by atoms with E-state index in [1.165, 1.54) is 0 Å². The predicted molar refractivity (Wildman–Crippen MR) is 96.6 cm³/mol. The van der Waals surface area contributed by atoms with Crippen molar-refractivity contribution < 1.29 is 19.5 Å². The highest BCUT2D eigenvalue weighted by atomic mass is 35.5. The van der Waals surface area contributed by atoms with Crippen LogP contribution in [0.3, 0.4) is 0 Å². The van der Waals surface area contributed by atoms with Gasteiger partial charge in [0.2, 0.25) is 5.91 Å². The summed E-state index contributed by atoms with van der Waals surface area (Å²) < 4.78 is 0. The second-order valence-corrected chi connectivity index (χ2v) is 6.62. The number of hydrogen-bond donors (Lipinski definition) is 3. The summed E-state index contributed by atoms with van der Waals surface area (Å²) in [5, 5.41) is 14.7. The van der Waals surface area contributed by atoms with Crippen molar-refractivity contribution in [2.75, 3.05) is 0 Å². The van der Waals surface area contributed by atoms with Crippen LogP contribution in [0.1, 0.15) is 50.4 Å². The molecule has 0 spiro atoms. The van der Waals surface area contributed by atoms with Crippen molar-refractivity contribution in [3.8, 4) is 0 Å². The molecule has 1 aromatic carbocycles. The van der Waals surface area contributed by atoms with Gasteiger partial charge in [0.25, 0.3) is 5.91 Å². The van der Waals surface area contributed by atoms with Gasteiger partial charge in [0.1, 0.15) is 12.1 Å². The van der Waals surface area contributed by atoms with Crippen LogP contribution in [-0.2, 0) is 9.59 Å². The van der Waals surface area contributed by atoms with Gasteiger partial charge in [0, 0.05) is 0 Å². The molecule has 0 aliphatic heterocycles. The molecule has 6 nitrogen and oxygen atoms in total. The highest BCUT2D eigenvalue weighted by Crippen LogP contribution is 2.15. The molecule has 0 heterocycles. The highest BCUT2D eigenvalue weighted by molar-refractivity contribution is 6.33. The van der Waals surface area contributed by atoms with Crippen molar-refractivity contribution in [1.82, 2.24) is 10.6 Å². The molecule has 0 fully saturated rings. The number of amides is 2. The third-order valence-corrected chi connectivity index (χ3v) is 4.14. The molecule has 2 atom stereocenters. The van der Waals surface area contributed by atoms with Crippen molar-refractivity contribution in [2.24, 2.45) is 5.92 Å². The Morgan fingerprint density at radius 2 is 1.80 bits per heavy atom. The SMILES string of the molecule is CCCC[C@H](NC(=O)C(NC(=O)c1ccccc1Cl)C(C)C)C(=O)O. The number of benzene rings is 1. The number of aliphatic carboxylic acids is 1. The molecular weight excluding hydrogens is 344 g/mol. The van der Waals surface area contributed by atoms with Gasteiger partial charge >= 0.3 is 5.97 Å². The number of unbranched alkanes of at least 4 members (excludes halogenated alkanes) is 1. The van der Waals surface area contributed by atoms with E-state index < -0.39 is 29.9 Å². The van der Waals surface area contributed by atoms with Crippen LogP contribution < -0.4 is 10.6 Å². The molecule has 0 radical (unpaired) electrons. The van der Waals surface area contributed by atoms with Crippen LogP contribution in [0.2, 0.25) is 5.02 Å². The summed E-state index contributed by atoms with van der Waals surface area (Å²) in [5.74, 6) is -2.28. The Morgan fingerprint density at radius 3 is 2.32 bits per heavy atom. The Labute approximate surface area is 152 Å². The van der Waals surface area contributed by atoms with Crippen molar-refractivity contribution >= 4 is 29.4 Å². The average Bonchev–Trinajstić information content (AvgIpc) is 2.55. The molecule has 1 rings (SSSR count). The highest BCUT2D eigenvalue weighted by Gasteiger charge is 2.29. The smallest absolute Gasteiger partial charge is 0.326 e. The number of halogens is 1. The number of carbonyl (C=O) groups excluding carboxylic acids is 2. The van der Waals surface area contributed by atoms with Crippen LogP contribution in [0.5, 0.6) is 0 Å². The van der Waals surface area contributed by atoms with E-state index in [1.807, 2.05) is 6.92 Å². The van der Waals surface area contributed by atoms with Crippen LogP contribution in [0, 0.1) is 5.92 Å². The fourth-order valence-corrected chi connectivity index (χ4v) is 2.55. The minimum atomic E-state index is -1.08. The monoisotopic (exact) mass is 368 g/mol. The fourth-order valence-electron chi connectivity index (χ4n) is 2.33. The lowest BCUT2D eigenvalue weighted by Gasteiger charge is -2.24. The van der Waals surface area contributed by atoms with Crippen molar-refractivity contribution in [3.05, 3.63) is 34.9 Å². The zero-order chi connectivity index (χ0) is 19.0. The Kier molecular flexibility index (Phi) is 8.41. The van der Waals surface area contributed by atoms with Crippen molar-refractivity contribution in [1.29, 1.82) is 0 Å². The Morgan fingerprint density at radius 1 is 1.16 bits per heavy atom. The maximum Gasteiger partial charge on any atom is 0.326 e. The summed E-state index contributed by atoms with van der Waals surface area (Å²) in [7, 11) is 0. The Hall–Kier alpha value is -2.08. The van der Waals surface area contributed by atoms with Crippen molar-refractivity contribution in [3.63, 3.8) is 0 Å². The second-order valence-electron chi connectivity index (χ2n) is 6.22. The summed E-state index contributed by atoms with van der Waals surface area (Å²) in [5.41, 5.74) is 0.267. The Bertz CT molecular complexity index is 619. The number of carboxylic acids is 1. The minimum Gasteiger partial charge on any atom is -0.480 e. The maximum atomic E-state index is 12.5. The summed E-state index contributed by atoms with van der Waals surface area (Å²) in [6.45, 7) is 5.50. The molecule has 0 saturated carbocycles. The van der Waals surface area contributed by atoms with E-state index in [-0.39, 0.29) is 16.5 Å². The van der Waals surface area contributed by atoms with Crippen LogP contribution >= 0.6 is 11.6 Å². The topological polar surface area (TPSA) is 95.5 Å². The molecule has 0 bridgehead atoms. The first kappa shape index (κ1) is 21.0. The second kappa shape index (κ2) is 10.0. The van der Waals surface area contributed by atoms with Gasteiger partial charge in [0.05, 0.1) is 10.6 Å². The molecule has 1 aromatic rings. The lowest BCUT2D eigenvalue weighted by atomic mass is 10.0. The summed E-state index contributed by atoms with van der Waals surface area (Å²) in [6.07, 6.45) is 1.87. The van der Waals surface area contributed by atoms with E-state index >= 15 is 0 Å². The number of rotatable bonds is 9. The van der Waals surface area contributed by atoms with Gasteiger partial charge in [-0.25, -0.2) is 4.79 Å². The summed E-state index contributed by atoms with van der Waals surface area (Å²) in [4.78, 5) is 36.2. The van der Waals surface area contributed by atoms with Gasteiger partial charge in [0.15, 0.2) is 0 Å². The van der Waals surface area contributed by atoms with Crippen molar-refractivity contribution in [2.45, 2.75) is 52.1 Å². The molecule has 2 amide bonds. The first-order chi connectivity index (χ1) is 11.8. The van der Waals surface area contributed by atoms with Gasteiger partial charge in [-0.2, -0.15) is 0 Å². The van der Waals surface area contributed by atoms with E-state index in [2.05, 4.69) is 10.6 Å². The molecule has 0 aromatic heterocycles. The lowest BCUT2D eigenvalue weighted by Crippen LogP contribution is -2.53. The molecule has 7 heteroatoms. The lowest BCUT2D eigenvalue weighted by molar-refractivity contribution is -0.142. The fraction of sp³-hybridized carbons (Fsp3) is 0.500. The minimum absolute atomic E-state index is 0.216. The first-order valence-corrected chi connectivity index (χ1v) is 8.74. The zero-order valence-electron chi connectivity index (χ0n) is 14.7. The maximum absolute atomic E-state index is 12.5. The van der Waals surface area contributed by atoms with E-state index in [9.17, 15) is 19.5 Å². The van der Waals surface area contributed by atoms with Gasteiger partial charge in [-0.05, 0) is 24.5 Å². The third-order valence-electron chi connectivity index (χ3n) is 3.82. The molecule has 138 valence electrons. The van der Waals surface area contributed by atoms with Crippen LogP contribution in [-0.4, -0.2) is 35.0 Å². The standard InChI is InChI=1S/C18H25ClN2O4/c1-4-5-10-14(18(24)25)20-17(23)15(11(2)3)21-16(22)12-8-6-7-9-13(12)19/h6-9,11,14-15H,4-5,10H2,1-3H3,(H,20,23)(H,21,22)(H,24,25)/t14-,15?/m0/s1. The number of carboxylic acid groups (broad SMARTS) is 1. The van der Waals surface area contributed by atoms with Gasteiger partial charge in [-0.1, -0.05) is 57.3 Å². The number of hydrogen-bond acceptors (Lipinski definition) is 3. The molecule has 0 saturated heterocycles. The van der Waals surface area contributed by atoms with E-state index in [1.54, 1.807) is 38.1 Å².